The molecular formula is C21H22FN5O2S. The van der Waals surface area contributed by atoms with Crippen LogP contribution in [0.3, 0.4) is 0 Å². The fourth-order valence-electron chi connectivity index (χ4n) is 3.51. The number of anilines is 1. The number of nitrogens with two attached hydrogens (primary N) is 1. The second-order valence-electron chi connectivity index (χ2n) is 7.00. The second kappa shape index (κ2) is 8.74. The number of rotatable bonds is 4. The van der Waals surface area contributed by atoms with E-state index in [0.29, 0.717) is 25.4 Å². The maximum atomic E-state index is 13.4. The molecule has 156 valence electrons. The monoisotopic (exact) mass is 427 g/mol. The molecule has 2 aromatic heterocycles. The van der Waals surface area contributed by atoms with E-state index >= 15 is 0 Å². The van der Waals surface area contributed by atoms with Gasteiger partial charge in [-0.25, -0.2) is 24.1 Å². The Morgan fingerprint density at radius 2 is 1.97 bits per heavy atom. The SMILES string of the molecule is CCOC(=O)N1CCC(c2nc(-c3ccc(F)cc3)c(-c3ccnc(N)n3)s2)CC1. The Hall–Kier alpha value is -3.07. The van der Waals surface area contributed by atoms with Crippen molar-refractivity contribution in [2.45, 2.75) is 25.7 Å². The lowest BCUT2D eigenvalue weighted by Crippen LogP contribution is -2.38. The summed E-state index contributed by atoms with van der Waals surface area (Å²) in [6, 6.07) is 8.07. The van der Waals surface area contributed by atoms with Gasteiger partial charge in [0.2, 0.25) is 5.95 Å². The zero-order valence-corrected chi connectivity index (χ0v) is 17.4. The predicted octanol–water partition coefficient (Wildman–Crippen LogP) is 4.32. The molecule has 1 saturated heterocycles. The fraction of sp³-hybridized carbons (Fsp3) is 0.333. The molecule has 2 N–H and O–H groups in total. The zero-order chi connectivity index (χ0) is 21.1. The topological polar surface area (TPSA) is 94.2 Å². The van der Waals surface area contributed by atoms with Crippen LogP contribution in [-0.2, 0) is 4.74 Å². The number of benzene rings is 1. The number of piperidine rings is 1. The molecule has 1 fully saturated rings. The van der Waals surface area contributed by atoms with Crippen LogP contribution < -0.4 is 5.73 Å². The van der Waals surface area contributed by atoms with E-state index in [9.17, 15) is 9.18 Å². The van der Waals surface area contributed by atoms with Crippen LogP contribution in [0.15, 0.2) is 36.5 Å². The molecule has 0 radical (unpaired) electrons. The number of hydrogen-bond donors (Lipinski definition) is 1. The first-order valence-corrected chi connectivity index (χ1v) is 10.6. The highest BCUT2D eigenvalue weighted by atomic mass is 32.1. The number of carbonyl (C=O) groups excluding carboxylic acids is 1. The molecule has 4 rings (SSSR count). The van der Waals surface area contributed by atoms with Gasteiger partial charge in [-0.05, 0) is 50.1 Å². The van der Waals surface area contributed by atoms with Crippen molar-refractivity contribution in [2.24, 2.45) is 0 Å². The summed E-state index contributed by atoms with van der Waals surface area (Å²) in [6.45, 7) is 3.44. The third kappa shape index (κ3) is 4.25. The third-order valence-electron chi connectivity index (χ3n) is 5.04. The Labute approximate surface area is 177 Å². The molecule has 1 aliphatic heterocycles. The summed E-state index contributed by atoms with van der Waals surface area (Å²) in [5.74, 6) is 0.122. The number of aromatic nitrogens is 3. The van der Waals surface area contributed by atoms with Crippen molar-refractivity contribution in [1.82, 2.24) is 19.9 Å². The number of halogens is 1. The Morgan fingerprint density at radius 3 is 2.63 bits per heavy atom. The van der Waals surface area contributed by atoms with E-state index in [1.54, 1.807) is 47.6 Å². The van der Waals surface area contributed by atoms with E-state index < -0.39 is 0 Å². The van der Waals surface area contributed by atoms with Crippen LogP contribution in [0.25, 0.3) is 21.8 Å². The smallest absolute Gasteiger partial charge is 0.409 e. The normalized spacial score (nSPS) is 14.7. The first-order valence-electron chi connectivity index (χ1n) is 9.82. The lowest BCUT2D eigenvalue weighted by Gasteiger charge is -2.30. The first-order chi connectivity index (χ1) is 14.5. The highest BCUT2D eigenvalue weighted by Gasteiger charge is 2.28. The van der Waals surface area contributed by atoms with Crippen molar-refractivity contribution in [3.8, 4) is 21.8 Å². The molecule has 0 unspecified atom stereocenters. The van der Waals surface area contributed by atoms with Gasteiger partial charge in [0.1, 0.15) is 5.82 Å². The molecule has 0 spiro atoms. The van der Waals surface area contributed by atoms with E-state index in [1.807, 2.05) is 0 Å². The number of nitrogens with zero attached hydrogens (tertiary/aromatic N) is 4. The molecule has 30 heavy (non-hydrogen) atoms. The average molecular weight is 428 g/mol. The molecule has 0 bridgehead atoms. The molecule has 1 aliphatic rings. The Balaban J connectivity index is 1.64. The van der Waals surface area contributed by atoms with E-state index in [2.05, 4.69) is 9.97 Å². The van der Waals surface area contributed by atoms with Gasteiger partial charge < -0.3 is 15.4 Å². The summed E-state index contributed by atoms with van der Waals surface area (Å²) in [7, 11) is 0. The standard InChI is InChI=1S/C21H22FN5O2S/c1-2-29-21(28)27-11-8-14(9-12-27)19-26-17(13-3-5-15(22)6-4-13)18(30-19)16-7-10-24-20(23)25-16/h3-7,10,14H,2,8-9,11-12H2,1H3,(H2,23,24,25). The predicted molar refractivity (Wildman–Crippen MR) is 114 cm³/mol. The van der Waals surface area contributed by atoms with Gasteiger partial charge in [-0.1, -0.05) is 0 Å². The highest BCUT2D eigenvalue weighted by molar-refractivity contribution is 7.15. The summed E-state index contributed by atoms with van der Waals surface area (Å²) in [5.41, 5.74) is 8.04. The molecule has 9 heteroatoms. The molecule has 3 aromatic rings. The van der Waals surface area contributed by atoms with Crippen LogP contribution >= 0.6 is 11.3 Å². The molecular weight excluding hydrogens is 405 g/mol. The second-order valence-corrected chi connectivity index (χ2v) is 8.03. The fourth-order valence-corrected chi connectivity index (χ4v) is 4.74. The summed E-state index contributed by atoms with van der Waals surface area (Å²) in [4.78, 5) is 27.8. The van der Waals surface area contributed by atoms with Crippen molar-refractivity contribution in [1.29, 1.82) is 0 Å². The van der Waals surface area contributed by atoms with Crippen molar-refractivity contribution >= 4 is 23.4 Å². The van der Waals surface area contributed by atoms with Crippen LogP contribution in [0.4, 0.5) is 15.1 Å². The molecule has 1 aromatic carbocycles. The summed E-state index contributed by atoms with van der Waals surface area (Å²) in [6.07, 6.45) is 2.96. The molecule has 3 heterocycles. The lowest BCUT2D eigenvalue weighted by molar-refractivity contribution is 0.0970. The van der Waals surface area contributed by atoms with Crippen LogP contribution in [0.2, 0.25) is 0 Å². The molecule has 7 nitrogen and oxygen atoms in total. The molecule has 0 aliphatic carbocycles. The molecule has 0 saturated carbocycles. The van der Waals surface area contributed by atoms with Crippen molar-refractivity contribution < 1.29 is 13.9 Å². The number of amides is 1. The number of thiazole rings is 1. The van der Waals surface area contributed by atoms with Crippen molar-refractivity contribution in [2.75, 3.05) is 25.4 Å². The number of ether oxygens (including phenoxy) is 1. The quantitative estimate of drug-likeness (QED) is 0.666. The van der Waals surface area contributed by atoms with Gasteiger partial charge in [-0.15, -0.1) is 11.3 Å². The lowest BCUT2D eigenvalue weighted by atomic mass is 9.98. The largest absolute Gasteiger partial charge is 0.450 e. The molecule has 0 atom stereocenters. The summed E-state index contributed by atoms with van der Waals surface area (Å²) >= 11 is 1.56. The van der Waals surface area contributed by atoms with Crippen LogP contribution in [-0.4, -0.2) is 45.6 Å². The number of likely N-dealkylation sites (tertiary alicyclic amines) is 1. The maximum Gasteiger partial charge on any atom is 0.409 e. The van der Waals surface area contributed by atoms with Gasteiger partial charge in [-0.3, -0.25) is 0 Å². The first kappa shape index (κ1) is 20.2. The number of carbonyl (C=O) groups is 1. The average Bonchev–Trinajstić information content (AvgIpc) is 3.20. The van der Waals surface area contributed by atoms with Gasteiger partial charge in [0.25, 0.3) is 0 Å². The summed E-state index contributed by atoms with van der Waals surface area (Å²) in [5, 5.41) is 0.977. The summed E-state index contributed by atoms with van der Waals surface area (Å²) < 4.78 is 18.5. The Bertz CT molecular complexity index is 1030. The van der Waals surface area contributed by atoms with E-state index in [4.69, 9.17) is 15.5 Å². The van der Waals surface area contributed by atoms with Crippen molar-refractivity contribution in [3.05, 3.63) is 47.4 Å². The minimum absolute atomic E-state index is 0.190. The molecule has 1 amide bonds. The van der Waals surface area contributed by atoms with Crippen molar-refractivity contribution in [3.63, 3.8) is 0 Å². The van der Waals surface area contributed by atoms with Crippen LogP contribution in [0.1, 0.15) is 30.7 Å². The van der Waals surface area contributed by atoms with E-state index in [1.165, 1.54) is 12.1 Å². The van der Waals surface area contributed by atoms with Crippen LogP contribution in [0, 0.1) is 5.82 Å². The van der Waals surface area contributed by atoms with Gasteiger partial charge >= 0.3 is 6.09 Å². The van der Waals surface area contributed by atoms with Crippen LogP contribution in [0.5, 0.6) is 0 Å². The number of hydrogen-bond acceptors (Lipinski definition) is 7. The van der Waals surface area contributed by atoms with Gasteiger partial charge in [-0.2, -0.15) is 0 Å². The van der Waals surface area contributed by atoms with Gasteiger partial charge in [0, 0.05) is 30.8 Å². The Morgan fingerprint density at radius 1 is 1.23 bits per heavy atom. The van der Waals surface area contributed by atoms with Gasteiger partial charge in [0.05, 0.1) is 27.9 Å². The van der Waals surface area contributed by atoms with E-state index in [0.717, 1.165) is 34.0 Å². The maximum absolute atomic E-state index is 13.4. The third-order valence-corrected chi connectivity index (χ3v) is 6.28. The van der Waals surface area contributed by atoms with Gasteiger partial charge in [0.15, 0.2) is 0 Å². The Kier molecular flexibility index (Phi) is 5.89. The number of nitrogen functional groups attached to an aromatic ring is 1. The minimum atomic E-state index is -0.298. The van der Waals surface area contributed by atoms with E-state index in [-0.39, 0.29) is 23.8 Å². The minimum Gasteiger partial charge on any atom is -0.450 e. The zero-order valence-electron chi connectivity index (χ0n) is 16.5. The highest BCUT2D eigenvalue weighted by Crippen LogP contribution is 2.41.